The predicted molar refractivity (Wildman–Crippen MR) is 304 cm³/mol. The molecule has 0 aliphatic heterocycles. The third kappa shape index (κ3) is 9.99. The van der Waals surface area contributed by atoms with Crippen molar-refractivity contribution in [2.45, 2.75) is 9.79 Å². The molecule has 368 valence electrons. The van der Waals surface area contributed by atoms with Gasteiger partial charge in [-0.2, -0.15) is 16.8 Å². The van der Waals surface area contributed by atoms with Crippen LogP contribution in [0, 0.1) is 0 Å². The van der Waals surface area contributed by atoms with Crippen molar-refractivity contribution in [1.29, 1.82) is 0 Å². The molecule has 0 unspecified atom stereocenters. The first kappa shape index (κ1) is 47.6. The topological polar surface area (TPSA) is 184 Å². The maximum atomic E-state index is 13.1. The molecule has 0 radical (unpaired) electrons. The number of hydrogen-bond acceptors (Lipinski definition) is 10. The molecule has 4 N–H and O–H groups in total. The van der Waals surface area contributed by atoms with Crippen LogP contribution in [0.3, 0.4) is 0 Å². The molecule has 0 aliphatic rings. The van der Waals surface area contributed by atoms with Crippen LogP contribution < -0.4 is 10.6 Å². The van der Waals surface area contributed by atoms with Crippen molar-refractivity contribution in [3.63, 3.8) is 0 Å². The lowest BCUT2D eigenvalue weighted by molar-refractivity contribution is 0.480. The van der Waals surface area contributed by atoms with E-state index >= 15 is 0 Å². The third-order valence-electron chi connectivity index (χ3n) is 13.1. The number of fused-ring (bicyclic) bond motifs is 4. The van der Waals surface area contributed by atoms with E-state index in [1.807, 2.05) is 170 Å². The van der Waals surface area contributed by atoms with E-state index in [1.54, 1.807) is 24.3 Å². The summed E-state index contributed by atoms with van der Waals surface area (Å²) in [5.74, 6) is 1.57. The lowest BCUT2D eigenvalue weighted by Gasteiger charge is -2.13. The SMILES string of the molecule is O=S(=O)(O)c1cc(Nc2cc(-c3ccc4ccccc4c3)nc(-c3ccc4ccccc4c3)n2)ccc1C=Cc1ccc(Nc2cc(-c3ccc4ccccc4c3)nc(-c3ccc4ccccc4c3)n2)cc1S(=O)(=O)O. The van der Waals surface area contributed by atoms with Crippen molar-refractivity contribution >= 4 is 98.5 Å². The number of rotatable bonds is 12. The minimum Gasteiger partial charge on any atom is -0.340 e. The molecule has 12 nitrogen and oxygen atoms in total. The lowest BCUT2D eigenvalue weighted by atomic mass is 10.0. The van der Waals surface area contributed by atoms with Crippen molar-refractivity contribution in [3.05, 3.63) is 230 Å². The van der Waals surface area contributed by atoms with Gasteiger partial charge in [-0.25, -0.2) is 19.9 Å². The Balaban J connectivity index is 0.870. The second-order valence-electron chi connectivity index (χ2n) is 18.2. The highest BCUT2D eigenvalue weighted by molar-refractivity contribution is 7.86. The van der Waals surface area contributed by atoms with Gasteiger partial charge in [-0.15, -0.1) is 0 Å². The summed E-state index contributed by atoms with van der Waals surface area (Å²) in [5, 5.41) is 14.8. The van der Waals surface area contributed by atoms with Gasteiger partial charge in [0.25, 0.3) is 20.2 Å². The Bertz CT molecular complexity index is 4080. The summed E-state index contributed by atoms with van der Waals surface area (Å²) < 4.78 is 73.4. The van der Waals surface area contributed by atoms with Crippen molar-refractivity contribution in [3.8, 4) is 45.3 Å². The first-order valence-corrected chi connectivity index (χ1v) is 26.9. The second kappa shape index (κ2) is 19.4. The molecule has 12 rings (SSSR count). The number of aromatic nitrogens is 4. The van der Waals surface area contributed by atoms with E-state index in [0.29, 0.717) is 34.7 Å². The predicted octanol–water partition coefficient (Wildman–Crippen LogP) is 14.7. The fourth-order valence-electron chi connectivity index (χ4n) is 9.35. The summed E-state index contributed by atoms with van der Waals surface area (Å²) in [5.41, 5.74) is 5.08. The second-order valence-corrected chi connectivity index (χ2v) is 21.0. The molecule has 2 aromatic heterocycles. The maximum Gasteiger partial charge on any atom is 0.295 e. The molecule has 14 heteroatoms. The fraction of sp³-hybridized carbons (Fsp3) is 0. The molecule has 0 atom stereocenters. The van der Waals surface area contributed by atoms with Crippen molar-refractivity contribution in [2.75, 3.05) is 10.6 Å². The Labute approximate surface area is 437 Å². The number of nitrogens with zero attached hydrogens (tertiary/aromatic N) is 4. The molecule has 0 saturated carbocycles. The summed E-state index contributed by atoms with van der Waals surface area (Å²) in [6, 6.07) is 68.2. The Kier molecular flexibility index (Phi) is 12.2. The van der Waals surface area contributed by atoms with Crippen LogP contribution in [0.4, 0.5) is 23.0 Å². The maximum absolute atomic E-state index is 13.1. The molecule has 0 fully saturated rings. The molecule has 2 heterocycles. The Hall–Kier alpha value is -9.44. The molecule has 0 saturated heterocycles. The first-order valence-electron chi connectivity index (χ1n) is 24.0. The summed E-state index contributed by atoms with van der Waals surface area (Å²) in [4.78, 5) is 18.8. The van der Waals surface area contributed by atoms with Crippen LogP contribution in [0.2, 0.25) is 0 Å². The molecule has 10 aromatic carbocycles. The zero-order valence-corrected chi connectivity index (χ0v) is 41.7. The monoisotopic (exact) mass is 1030 g/mol. The van der Waals surface area contributed by atoms with Gasteiger partial charge in [0.15, 0.2) is 11.6 Å². The fourth-order valence-corrected chi connectivity index (χ4v) is 10.8. The van der Waals surface area contributed by atoms with Gasteiger partial charge in [-0.1, -0.05) is 170 Å². The van der Waals surface area contributed by atoms with Crippen LogP contribution in [-0.2, 0) is 20.2 Å². The zero-order chi connectivity index (χ0) is 52.0. The lowest BCUT2D eigenvalue weighted by Crippen LogP contribution is -2.04. The van der Waals surface area contributed by atoms with Crippen LogP contribution in [0.1, 0.15) is 11.1 Å². The quantitative estimate of drug-likeness (QED) is 0.0672. The summed E-state index contributed by atoms with van der Waals surface area (Å²) in [6.07, 6.45) is 2.70. The zero-order valence-electron chi connectivity index (χ0n) is 40.1. The van der Waals surface area contributed by atoms with Crippen LogP contribution >= 0.6 is 0 Å². The van der Waals surface area contributed by atoms with Crippen LogP contribution in [0.25, 0.3) is 101 Å². The first-order chi connectivity index (χ1) is 36.8. The van der Waals surface area contributed by atoms with E-state index in [2.05, 4.69) is 10.6 Å². The highest BCUT2D eigenvalue weighted by atomic mass is 32.2. The average Bonchev–Trinajstić information content (AvgIpc) is 3.44. The molecule has 0 bridgehead atoms. The van der Waals surface area contributed by atoms with Gasteiger partial charge in [0.05, 0.1) is 11.4 Å². The van der Waals surface area contributed by atoms with Gasteiger partial charge in [0.1, 0.15) is 21.4 Å². The van der Waals surface area contributed by atoms with Gasteiger partial charge < -0.3 is 10.6 Å². The van der Waals surface area contributed by atoms with Crippen molar-refractivity contribution < 1.29 is 25.9 Å². The van der Waals surface area contributed by atoms with Gasteiger partial charge >= 0.3 is 0 Å². The molecular weight excluding hydrogens is 989 g/mol. The Morgan fingerprint density at radius 2 is 0.645 bits per heavy atom. The highest BCUT2D eigenvalue weighted by Crippen LogP contribution is 2.34. The van der Waals surface area contributed by atoms with Gasteiger partial charge in [-0.3, -0.25) is 9.11 Å². The summed E-state index contributed by atoms with van der Waals surface area (Å²) in [7, 11) is -9.72. The standard InChI is InChI=1S/C62H42N6O6S2/c69-75(70,71)57-35-53(63-59-37-55(49-23-17-39-9-1-5-13-45(39)31-49)65-61(67-59)51-25-19-41-11-3-7-15-47(41)33-51)29-27-43(57)21-22-44-28-30-54(36-58(44)76(72,73)74)64-60-38-56(50-24-18-40-10-2-6-14-46(40)32-50)66-62(68-60)52-26-20-42-12-4-8-16-48(42)34-52/h1-38H,(H,63,65,67)(H,64,66,68)(H,69,70,71)(H,72,73,74). The van der Waals surface area contributed by atoms with E-state index in [9.17, 15) is 25.9 Å². The minimum atomic E-state index is -4.86. The largest absolute Gasteiger partial charge is 0.340 e. The van der Waals surface area contributed by atoms with E-state index in [1.165, 1.54) is 36.4 Å². The van der Waals surface area contributed by atoms with Crippen LogP contribution in [-0.4, -0.2) is 45.9 Å². The Morgan fingerprint density at radius 3 is 0.987 bits per heavy atom. The molecule has 76 heavy (non-hydrogen) atoms. The van der Waals surface area contributed by atoms with E-state index in [-0.39, 0.29) is 22.5 Å². The number of hydrogen-bond donors (Lipinski definition) is 4. The molecule has 12 aromatic rings. The van der Waals surface area contributed by atoms with Crippen LogP contribution in [0.5, 0.6) is 0 Å². The van der Waals surface area contributed by atoms with Gasteiger partial charge in [0, 0.05) is 45.8 Å². The van der Waals surface area contributed by atoms with E-state index in [0.717, 1.165) is 65.3 Å². The molecule has 0 amide bonds. The number of benzene rings is 10. The molecule has 0 aliphatic carbocycles. The van der Waals surface area contributed by atoms with Gasteiger partial charge in [-0.05, 0) is 103 Å². The Morgan fingerprint density at radius 1 is 0.329 bits per heavy atom. The average molecular weight is 1030 g/mol. The summed E-state index contributed by atoms with van der Waals surface area (Å²) in [6.45, 7) is 0. The minimum absolute atomic E-state index is 0.0383. The van der Waals surface area contributed by atoms with Crippen molar-refractivity contribution in [1.82, 2.24) is 19.9 Å². The van der Waals surface area contributed by atoms with Crippen molar-refractivity contribution in [2.24, 2.45) is 0 Å². The molecular formula is C62H42N6O6S2. The molecule has 0 spiro atoms. The number of nitrogens with one attached hydrogen (secondary N) is 2. The van der Waals surface area contributed by atoms with E-state index in [4.69, 9.17) is 19.9 Å². The summed E-state index contributed by atoms with van der Waals surface area (Å²) >= 11 is 0. The van der Waals surface area contributed by atoms with Crippen LogP contribution in [0.15, 0.2) is 228 Å². The number of anilines is 4. The third-order valence-corrected chi connectivity index (χ3v) is 14.9. The highest BCUT2D eigenvalue weighted by Gasteiger charge is 2.20. The van der Waals surface area contributed by atoms with Gasteiger partial charge in [0.2, 0.25) is 0 Å². The normalized spacial score (nSPS) is 12.0. The van der Waals surface area contributed by atoms with E-state index < -0.39 is 30.0 Å². The smallest absolute Gasteiger partial charge is 0.295 e.